The minimum Gasteiger partial charge on any atom is -0.281 e. The van der Waals surface area contributed by atoms with Crippen molar-refractivity contribution in [1.82, 2.24) is 4.72 Å². The highest BCUT2D eigenvalue weighted by molar-refractivity contribution is 7.92. The van der Waals surface area contributed by atoms with Crippen LogP contribution in [0.15, 0.2) is 47.4 Å². The highest BCUT2D eigenvalue weighted by atomic mass is 35.5. The zero-order valence-corrected chi connectivity index (χ0v) is 17.1. The second-order valence-electron chi connectivity index (χ2n) is 5.96. The first kappa shape index (κ1) is 21.6. The summed E-state index contributed by atoms with van der Waals surface area (Å²) in [6.07, 6.45) is 0.370. The van der Waals surface area contributed by atoms with Gasteiger partial charge in [0, 0.05) is 11.1 Å². The van der Waals surface area contributed by atoms with Crippen LogP contribution in [0.4, 0.5) is 10.1 Å². The summed E-state index contributed by atoms with van der Waals surface area (Å²) in [5, 5.41) is 0.466. The number of hydrogen-bond donors (Lipinski definition) is 2. The minimum absolute atomic E-state index is 0.162. The van der Waals surface area contributed by atoms with Crippen molar-refractivity contribution in [3.05, 3.63) is 58.9 Å². The normalized spacial score (nSPS) is 13.3. The summed E-state index contributed by atoms with van der Waals surface area (Å²) in [7, 11) is -7.71. The van der Waals surface area contributed by atoms with E-state index < -0.39 is 31.9 Å². The first-order valence-electron chi connectivity index (χ1n) is 8.12. The van der Waals surface area contributed by atoms with Gasteiger partial charge in [0.1, 0.15) is 5.82 Å². The molecule has 0 saturated heterocycles. The van der Waals surface area contributed by atoms with Crippen LogP contribution in [0.2, 0.25) is 5.02 Å². The molecule has 0 radical (unpaired) electrons. The maximum Gasteiger partial charge on any atom is 0.241 e. The molecule has 1 atom stereocenters. The van der Waals surface area contributed by atoms with E-state index in [-0.39, 0.29) is 16.3 Å². The van der Waals surface area contributed by atoms with Gasteiger partial charge in [-0.1, -0.05) is 30.7 Å². The molecule has 0 aliphatic carbocycles. The third-order valence-corrected chi connectivity index (χ3v) is 6.92. The lowest BCUT2D eigenvalue weighted by Crippen LogP contribution is -2.27. The molecule has 2 aromatic carbocycles. The van der Waals surface area contributed by atoms with Gasteiger partial charge in [-0.3, -0.25) is 4.72 Å². The van der Waals surface area contributed by atoms with E-state index in [2.05, 4.69) is 9.44 Å². The average molecular weight is 435 g/mol. The van der Waals surface area contributed by atoms with Crippen molar-refractivity contribution in [3.63, 3.8) is 0 Å². The molecule has 0 bridgehead atoms. The van der Waals surface area contributed by atoms with Gasteiger partial charge in [-0.15, -0.1) is 0 Å². The van der Waals surface area contributed by atoms with E-state index in [9.17, 15) is 21.2 Å². The van der Waals surface area contributed by atoms with Crippen molar-refractivity contribution in [1.29, 1.82) is 0 Å². The number of sulfonamides is 2. The lowest BCUT2D eigenvalue weighted by Gasteiger charge is -2.16. The summed E-state index contributed by atoms with van der Waals surface area (Å²) < 4.78 is 67.3. The van der Waals surface area contributed by atoms with E-state index in [0.29, 0.717) is 17.0 Å². The Morgan fingerprint density at radius 2 is 1.81 bits per heavy atom. The Labute approximate surface area is 163 Å². The third-order valence-electron chi connectivity index (χ3n) is 3.67. The van der Waals surface area contributed by atoms with Gasteiger partial charge in [-0.25, -0.2) is 25.9 Å². The molecule has 0 amide bonds. The van der Waals surface area contributed by atoms with E-state index in [1.54, 1.807) is 38.1 Å². The van der Waals surface area contributed by atoms with Crippen molar-refractivity contribution in [2.24, 2.45) is 0 Å². The van der Waals surface area contributed by atoms with Crippen LogP contribution >= 0.6 is 11.6 Å². The second-order valence-corrected chi connectivity index (χ2v) is 9.95. The number of hydrogen-bond acceptors (Lipinski definition) is 4. The van der Waals surface area contributed by atoms with E-state index in [1.807, 2.05) is 0 Å². The highest BCUT2D eigenvalue weighted by Gasteiger charge is 2.21. The van der Waals surface area contributed by atoms with Gasteiger partial charge in [0.15, 0.2) is 0 Å². The summed E-state index contributed by atoms with van der Waals surface area (Å²) in [5.41, 5.74) is 0.348. The van der Waals surface area contributed by atoms with Crippen LogP contribution < -0.4 is 9.44 Å². The number of anilines is 1. The molecule has 0 aliphatic heterocycles. The molecule has 0 aromatic heterocycles. The van der Waals surface area contributed by atoms with Crippen molar-refractivity contribution in [3.8, 4) is 0 Å². The minimum atomic E-state index is -4.02. The van der Waals surface area contributed by atoms with Crippen LogP contribution in [0.25, 0.3) is 0 Å². The van der Waals surface area contributed by atoms with Crippen LogP contribution in [0.3, 0.4) is 0 Å². The van der Waals surface area contributed by atoms with Crippen LogP contribution in [0, 0.1) is 5.82 Å². The van der Waals surface area contributed by atoms with Gasteiger partial charge in [0.05, 0.1) is 16.3 Å². The number of benzene rings is 2. The molecule has 27 heavy (non-hydrogen) atoms. The largest absolute Gasteiger partial charge is 0.281 e. The fourth-order valence-corrected chi connectivity index (χ4v) is 4.96. The summed E-state index contributed by atoms with van der Waals surface area (Å²) in [6, 6.07) is 9.10. The fourth-order valence-electron chi connectivity index (χ4n) is 2.38. The van der Waals surface area contributed by atoms with E-state index >= 15 is 0 Å². The first-order chi connectivity index (χ1) is 12.5. The van der Waals surface area contributed by atoms with Gasteiger partial charge in [0.2, 0.25) is 20.0 Å². The van der Waals surface area contributed by atoms with Crippen LogP contribution in [-0.4, -0.2) is 22.6 Å². The van der Waals surface area contributed by atoms with Crippen molar-refractivity contribution >= 4 is 37.3 Å². The Kier molecular flexibility index (Phi) is 6.85. The van der Waals surface area contributed by atoms with E-state index in [0.717, 1.165) is 18.2 Å². The predicted molar refractivity (Wildman–Crippen MR) is 104 cm³/mol. The standard InChI is InChI=1S/C17H20ClFN2O4S2/c1-3-9-26(22,23)21-17-8-7-15(11-16(17)19)27(24,25)20-12(2)13-5-4-6-14(18)10-13/h4-8,10-12,20-21H,3,9H2,1-2H3/t12-/m0/s1. The Morgan fingerprint density at radius 1 is 1.11 bits per heavy atom. The van der Waals surface area contributed by atoms with Gasteiger partial charge in [0.25, 0.3) is 0 Å². The van der Waals surface area contributed by atoms with Crippen molar-refractivity contribution in [2.75, 3.05) is 10.5 Å². The first-order valence-corrected chi connectivity index (χ1v) is 11.6. The summed E-state index contributed by atoms with van der Waals surface area (Å²) in [6.45, 7) is 3.31. The molecule has 2 N–H and O–H groups in total. The average Bonchev–Trinajstić information content (AvgIpc) is 2.56. The maximum atomic E-state index is 14.2. The molecule has 0 heterocycles. The summed E-state index contributed by atoms with van der Waals surface area (Å²) in [5.74, 6) is -1.14. The molecule has 2 aromatic rings. The van der Waals surface area contributed by atoms with Crippen LogP contribution in [0.1, 0.15) is 31.9 Å². The molecule has 10 heteroatoms. The topological polar surface area (TPSA) is 92.3 Å². The lowest BCUT2D eigenvalue weighted by molar-refractivity contribution is 0.564. The molecular weight excluding hydrogens is 415 g/mol. The van der Waals surface area contributed by atoms with E-state index in [1.165, 1.54) is 0 Å². The number of nitrogens with one attached hydrogen (secondary N) is 2. The Morgan fingerprint density at radius 3 is 2.41 bits per heavy atom. The molecule has 6 nitrogen and oxygen atoms in total. The second kappa shape index (κ2) is 8.55. The third kappa shape index (κ3) is 5.90. The molecule has 0 unspecified atom stereocenters. The Hall–Kier alpha value is -1.68. The smallest absolute Gasteiger partial charge is 0.241 e. The monoisotopic (exact) mass is 434 g/mol. The zero-order valence-electron chi connectivity index (χ0n) is 14.7. The molecule has 148 valence electrons. The summed E-state index contributed by atoms with van der Waals surface area (Å²) >= 11 is 5.91. The van der Waals surface area contributed by atoms with Crippen molar-refractivity contribution in [2.45, 2.75) is 31.2 Å². The Balaban J connectivity index is 2.22. The fraction of sp³-hybridized carbons (Fsp3) is 0.294. The van der Waals surface area contributed by atoms with Gasteiger partial charge in [-0.2, -0.15) is 0 Å². The molecule has 0 fully saturated rings. The van der Waals surface area contributed by atoms with Gasteiger partial charge < -0.3 is 0 Å². The highest BCUT2D eigenvalue weighted by Crippen LogP contribution is 2.23. The predicted octanol–water partition coefficient (Wildman–Crippen LogP) is 3.67. The van der Waals surface area contributed by atoms with Crippen LogP contribution in [-0.2, 0) is 20.0 Å². The molecule has 0 saturated carbocycles. The maximum absolute atomic E-state index is 14.2. The van der Waals surface area contributed by atoms with Gasteiger partial charge >= 0.3 is 0 Å². The van der Waals surface area contributed by atoms with Crippen LogP contribution in [0.5, 0.6) is 0 Å². The zero-order chi connectivity index (χ0) is 20.2. The SMILES string of the molecule is CCCS(=O)(=O)Nc1ccc(S(=O)(=O)N[C@@H](C)c2cccc(Cl)c2)cc1F. The quantitative estimate of drug-likeness (QED) is 0.663. The number of rotatable bonds is 8. The van der Waals surface area contributed by atoms with E-state index in [4.69, 9.17) is 11.6 Å². The Bertz CT molecular complexity index is 1030. The lowest BCUT2D eigenvalue weighted by atomic mass is 10.1. The van der Waals surface area contributed by atoms with Gasteiger partial charge in [-0.05, 0) is 49.2 Å². The molecular formula is C17H20ClFN2O4S2. The molecule has 2 rings (SSSR count). The summed E-state index contributed by atoms with van der Waals surface area (Å²) in [4.78, 5) is -0.313. The van der Waals surface area contributed by atoms with Crippen molar-refractivity contribution < 1.29 is 21.2 Å². The molecule has 0 spiro atoms. The molecule has 0 aliphatic rings. The number of halogens is 2.